The largest absolute Gasteiger partial charge is 0.416 e. The van der Waals surface area contributed by atoms with Crippen LogP contribution in [-0.2, 0) is 12.7 Å². The maximum Gasteiger partial charge on any atom is 0.416 e. The van der Waals surface area contributed by atoms with Crippen molar-refractivity contribution in [3.63, 3.8) is 0 Å². The molecule has 2 aromatic carbocycles. The molecule has 13 heteroatoms. The van der Waals surface area contributed by atoms with Crippen LogP contribution in [0.2, 0.25) is 0 Å². The van der Waals surface area contributed by atoms with Gasteiger partial charge in [0.15, 0.2) is 0 Å². The zero-order chi connectivity index (χ0) is 32.0. The highest BCUT2D eigenvalue weighted by Crippen LogP contribution is 2.29. The minimum Gasteiger partial charge on any atom is -0.351 e. The van der Waals surface area contributed by atoms with Gasteiger partial charge in [-0.05, 0) is 44.0 Å². The van der Waals surface area contributed by atoms with Gasteiger partial charge in [0.2, 0.25) is 5.56 Å². The molecule has 0 bridgehead atoms. The molecule has 3 N–H and O–H groups in total. The van der Waals surface area contributed by atoms with Crippen molar-refractivity contribution < 1.29 is 35.9 Å². The van der Waals surface area contributed by atoms with Gasteiger partial charge in [0.25, 0.3) is 11.8 Å². The third kappa shape index (κ3) is 13.6. The molecule has 234 valence electrons. The standard InChI is InChI=1S/C23H26F6N4O3.C7H8/c1-33(10-3-7-22(24,25)26)21(36)16-12-18(32-19(34)13-16)20(35)31-9-4-8-30-14-15-5-2-6-17(11-15)23(27,28)29;1-7-5-3-2-4-6-7/h2,5-6,11-13,30H,3-4,7-10,14H2,1H3,(H,31,35)(H,32,34);2-6H,1H3. The topological polar surface area (TPSA) is 94.3 Å². The number of carbonyl (C=O) groups excluding carboxylic acids is 2. The summed E-state index contributed by atoms with van der Waals surface area (Å²) in [4.78, 5) is 40.0. The van der Waals surface area contributed by atoms with Crippen molar-refractivity contribution in [3.8, 4) is 0 Å². The summed E-state index contributed by atoms with van der Waals surface area (Å²) in [5, 5.41) is 5.52. The van der Waals surface area contributed by atoms with Crippen molar-refractivity contribution in [2.24, 2.45) is 0 Å². The predicted molar refractivity (Wildman–Crippen MR) is 151 cm³/mol. The number of rotatable bonds is 11. The average molecular weight is 613 g/mol. The van der Waals surface area contributed by atoms with Gasteiger partial charge in [0, 0.05) is 44.7 Å². The van der Waals surface area contributed by atoms with Crippen LogP contribution in [0, 0.1) is 6.92 Å². The Hall–Kier alpha value is -4.13. The molecule has 43 heavy (non-hydrogen) atoms. The Balaban J connectivity index is 0.000000804. The first-order valence-corrected chi connectivity index (χ1v) is 13.4. The molecule has 7 nitrogen and oxygen atoms in total. The Morgan fingerprint density at radius 1 is 0.884 bits per heavy atom. The monoisotopic (exact) mass is 612 g/mol. The summed E-state index contributed by atoms with van der Waals surface area (Å²) in [5.74, 6) is -1.37. The van der Waals surface area contributed by atoms with E-state index in [4.69, 9.17) is 0 Å². The highest BCUT2D eigenvalue weighted by Gasteiger charge is 2.30. The van der Waals surface area contributed by atoms with E-state index in [-0.39, 0.29) is 37.3 Å². The lowest BCUT2D eigenvalue weighted by atomic mass is 10.1. The Kier molecular flexibility index (Phi) is 13.5. The van der Waals surface area contributed by atoms with E-state index in [2.05, 4.69) is 34.7 Å². The SMILES string of the molecule is CN(CCCC(F)(F)F)C(=O)c1cc(C(=O)NCCCNCc2cccc(C(F)(F)F)c2)[nH]c(=O)c1.Cc1ccccc1. The number of aromatic nitrogens is 1. The first kappa shape index (κ1) is 35.1. The molecule has 0 fully saturated rings. The van der Waals surface area contributed by atoms with Crippen LogP contribution in [0.3, 0.4) is 0 Å². The molecule has 0 atom stereocenters. The van der Waals surface area contributed by atoms with Crippen LogP contribution in [0.1, 0.15) is 56.8 Å². The van der Waals surface area contributed by atoms with Crippen molar-refractivity contribution in [1.82, 2.24) is 20.5 Å². The van der Waals surface area contributed by atoms with E-state index in [1.165, 1.54) is 18.7 Å². The number of nitrogens with zero attached hydrogens (tertiary/aromatic N) is 1. The first-order valence-electron chi connectivity index (χ1n) is 13.4. The van der Waals surface area contributed by atoms with Gasteiger partial charge in [-0.3, -0.25) is 14.4 Å². The molecule has 3 rings (SSSR count). The molecular formula is C30H34F6N4O3. The van der Waals surface area contributed by atoms with Crippen LogP contribution < -0.4 is 16.2 Å². The third-order valence-corrected chi connectivity index (χ3v) is 5.98. The minimum atomic E-state index is -4.42. The average Bonchev–Trinajstić information content (AvgIpc) is 2.93. The Morgan fingerprint density at radius 3 is 2.19 bits per heavy atom. The predicted octanol–water partition coefficient (Wildman–Crippen LogP) is 5.71. The van der Waals surface area contributed by atoms with Crippen LogP contribution >= 0.6 is 0 Å². The lowest BCUT2D eigenvalue weighted by Crippen LogP contribution is -2.32. The lowest BCUT2D eigenvalue weighted by Gasteiger charge is -2.18. The van der Waals surface area contributed by atoms with E-state index in [9.17, 15) is 40.7 Å². The van der Waals surface area contributed by atoms with Gasteiger partial charge in [0.1, 0.15) is 5.69 Å². The van der Waals surface area contributed by atoms with Gasteiger partial charge >= 0.3 is 12.4 Å². The number of hydrogen-bond donors (Lipinski definition) is 3. The summed E-state index contributed by atoms with van der Waals surface area (Å²) in [6.07, 6.45) is -9.69. The highest BCUT2D eigenvalue weighted by molar-refractivity contribution is 5.98. The zero-order valence-corrected chi connectivity index (χ0v) is 23.7. The van der Waals surface area contributed by atoms with Crippen LogP contribution in [0.15, 0.2) is 71.5 Å². The molecule has 0 radical (unpaired) electrons. The molecule has 1 heterocycles. The van der Waals surface area contributed by atoms with Crippen molar-refractivity contribution in [1.29, 1.82) is 0 Å². The van der Waals surface area contributed by atoms with E-state index in [1.807, 2.05) is 18.2 Å². The number of benzene rings is 2. The molecule has 0 saturated heterocycles. The van der Waals surface area contributed by atoms with Crippen molar-refractivity contribution in [2.75, 3.05) is 26.7 Å². The summed E-state index contributed by atoms with van der Waals surface area (Å²) in [6, 6.07) is 17.3. The number of aromatic amines is 1. The molecule has 1 aromatic heterocycles. The fraction of sp³-hybridized carbons (Fsp3) is 0.367. The van der Waals surface area contributed by atoms with Crippen molar-refractivity contribution in [3.05, 3.63) is 105 Å². The van der Waals surface area contributed by atoms with Crippen molar-refractivity contribution in [2.45, 2.75) is 45.1 Å². The molecule has 2 amide bonds. The van der Waals surface area contributed by atoms with Crippen molar-refractivity contribution >= 4 is 11.8 Å². The van der Waals surface area contributed by atoms with Gasteiger partial charge in [0.05, 0.1) is 5.56 Å². The molecule has 0 aliphatic carbocycles. The van der Waals surface area contributed by atoms with Crippen LogP contribution in [0.5, 0.6) is 0 Å². The van der Waals surface area contributed by atoms with Gasteiger partial charge < -0.3 is 20.5 Å². The second-order valence-electron chi connectivity index (χ2n) is 9.73. The molecule has 0 spiro atoms. The van der Waals surface area contributed by atoms with Gasteiger partial charge in [-0.1, -0.05) is 54.1 Å². The Bertz CT molecular complexity index is 1370. The molecule has 0 unspecified atom stereocenters. The molecule has 0 aliphatic heterocycles. The number of aryl methyl sites for hydroxylation is 1. The quantitative estimate of drug-likeness (QED) is 0.191. The van der Waals surface area contributed by atoms with E-state index in [1.54, 1.807) is 6.07 Å². The molecule has 0 aliphatic rings. The fourth-order valence-electron chi connectivity index (χ4n) is 3.76. The van der Waals surface area contributed by atoms with E-state index < -0.39 is 41.7 Å². The summed E-state index contributed by atoms with van der Waals surface area (Å²) < 4.78 is 75.1. The van der Waals surface area contributed by atoms with E-state index >= 15 is 0 Å². The summed E-state index contributed by atoms with van der Waals surface area (Å²) in [5.41, 5.74) is -0.0138. The number of alkyl halides is 6. The number of carbonyl (C=O) groups is 2. The minimum absolute atomic E-state index is 0.138. The number of amides is 2. The number of halogens is 6. The summed E-state index contributed by atoms with van der Waals surface area (Å²) in [7, 11) is 1.30. The number of H-pyrrole nitrogens is 1. The maximum atomic E-state index is 12.8. The second kappa shape index (κ2) is 16.5. The fourth-order valence-corrected chi connectivity index (χ4v) is 3.76. The Morgan fingerprint density at radius 2 is 1.58 bits per heavy atom. The zero-order valence-electron chi connectivity index (χ0n) is 23.7. The number of nitrogens with one attached hydrogen (secondary N) is 3. The highest BCUT2D eigenvalue weighted by atomic mass is 19.4. The smallest absolute Gasteiger partial charge is 0.351 e. The summed E-state index contributed by atoms with van der Waals surface area (Å²) in [6.45, 7) is 2.66. The van der Waals surface area contributed by atoms with Gasteiger partial charge in [-0.2, -0.15) is 26.3 Å². The normalized spacial score (nSPS) is 11.3. The number of hydrogen-bond acceptors (Lipinski definition) is 4. The lowest BCUT2D eigenvalue weighted by molar-refractivity contribution is -0.138. The van der Waals surface area contributed by atoms with Crippen LogP contribution in [0.25, 0.3) is 0 Å². The molecule has 3 aromatic rings. The molecule has 0 saturated carbocycles. The third-order valence-electron chi connectivity index (χ3n) is 5.98. The first-order chi connectivity index (χ1) is 20.2. The summed E-state index contributed by atoms with van der Waals surface area (Å²) >= 11 is 0. The van der Waals surface area contributed by atoms with Crippen LogP contribution in [-0.4, -0.2) is 54.6 Å². The van der Waals surface area contributed by atoms with E-state index in [0.717, 1.165) is 29.2 Å². The second-order valence-corrected chi connectivity index (χ2v) is 9.73. The maximum absolute atomic E-state index is 12.8. The van der Waals surface area contributed by atoms with Crippen LogP contribution in [0.4, 0.5) is 26.3 Å². The molecular weight excluding hydrogens is 578 g/mol. The van der Waals surface area contributed by atoms with E-state index in [0.29, 0.717) is 18.5 Å². The Labute approximate surface area is 245 Å². The number of pyridine rings is 1. The van der Waals surface area contributed by atoms with Gasteiger partial charge in [-0.25, -0.2) is 0 Å². The van der Waals surface area contributed by atoms with Gasteiger partial charge in [-0.15, -0.1) is 0 Å².